The van der Waals surface area contributed by atoms with Crippen molar-refractivity contribution in [1.82, 2.24) is 0 Å². The number of rotatable bonds is 4. The van der Waals surface area contributed by atoms with Gasteiger partial charge < -0.3 is 4.90 Å². The molecule has 0 N–H and O–H groups in total. The molecular formula is C26H23NO. The van der Waals surface area contributed by atoms with Gasteiger partial charge in [-0.2, -0.15) is 0 Å². The minimum atomic E-state index is 0.0833. The van der Waals surface area contributed by atoms with Crippen LogP contribution in [0.3, 0.4) is 0 Å². The van der Waals surface area contributed by atoms with Gasteiger partial charge in [0.2, 0.25) is 0 Å². The van der Waals surface area contributed by atoms with Crippen LogP contribution < -0.4 is 4.90 Å². The van der Waals surface area contributed by atoms with Crippen LogP contribution in [0.1, 0.15) is 28.4 Å². The van der Waals surface area contributed by atoms with E-state index in [1.807, 2.05) is 24.3 Å². The zero-order chi connectivity index (χ0) is 19.7. The van der Waals surface area contributed by atoms with E-state index in [1.165, 1.54) is 11.1 Å². The predicted octanol–water partition coefficient (Wildman–Crippen LogP) is 7.13. The highest BCUT2D eigenvalue weighted by molar-refractivity contribution is 6.11. The molecular weight excluding hydrogens is 342 g/mol. The first kappa shape index (κ1) is 18.0. The lowest BCUT2D eigenvalue weighted by Crippen LogP contribution is -2.11. The first-order chi connectivity index (χ1) is 13.5. The summed E-state index contributed by atoms with van der Waals surface area (Å²) in [6.45, 7) is 5.81. The Morgan fingerprint density at radius 2 is 1.14 bits per heavy atom. The van der Waals surface area contributed by atoms with E-state index in [4.69, 9.17) is 0 Å². The Hall–Kier alpha value is -3.39. The van der Waals surface area contributed by atoms with Crippen molar-refractivity contribution in [2.24, 2.45) is 0 Å². The summed E-state index contributed by atoms with van der Waals surface area (Å²) >= 11 is 0. The Kier molecular flexibility index (Phi) is 4.70. The highest BCUT2D eigenvalue weighted by Crippen LogP contribution is 2.39. The number of carbonyl (C=O) groups excluding carboxylic acids is 1. The SMILES string of the molecule is CC(=O)c1ccc(N(c2ccc(C)cc2)c2ccc(C)cc2)c2ccccc12. The molecule has 0 fully saturated rings. The molecule has 4 rings (SSSR count). The second-order valence-corrected chi connectivity index (χ2v) is 7.24. The molecule has 28 heavy (non-hydrogen) atoms. The lowest BCUT2D eigenvalue weighted by molar-refractivity contribution is 0.101. The summed E-state index contributed by atoms with van der Waals surface area (Å²) in [5.41, 5.74) is 6.46. The molecule has 138 valence electrons. The van der Waals surface area contributed by atoms with Crippen molar-refractivity contribution >= 4 is 33.6 Å². The molecule has 0 aliphatic heterocycles. The molecule has 0 saturated heterocycles. The Morgan fingerprint density at radius 1 is 0.643 bits per heavy atom. The topological polar surface area (TPSA) is 20.3 Å². The molecule has 0 aliphatic rings. The standard InChI is InChI=1S/C26H23NO/c1-18-8-12-21(13-9-18)27(22-14-10-19(2)11-15-22)26-17-16-23(20(3)28)24-6-4-5-7-25(24)26/h4-17H,1-3H3. The van der Waals surface area contributed by atoms with Crippen molar-refractivity contribution in [3.05, 3.63) is 102 Å². The zero-order valence-electron chi connectivity index (χ0n) is 16.4. The van der Waals surface area contributed by atoms with Crippen LogP contribution in [-0.4, -0.2) is 5.78 Å². The number of fused-ring (bicyclic) bond motifs is 1. The lowest BCUT2D eigenvalue weighted by atomic mass is 9.99. The first-order valence-electron chi connectivity index (χ1n) is 9.51. The molecule has 0 amide bonds. The maximum absolute atomic E-state index is 12.1. The van der Waals surface area contributed by atoms with Gasteiger partial charge >= 0.3 is 0 Å². The molecule has 4 aromatic rings. The van der Waals surface area contributed by atoms with Gasteiger partial charge in [-0.3, -0.25) is 4.79 Å². The maximum atomic E-state index is 12.1. The Labute approximate surface area is 166 Å². The third-order valence-corrected chi connectivity index (χ3v) is 5.11. The number of ketones is 1. The van der Waals surface area contributed by atoms with Gasteiger partial charge in [-0.15, -0.1) is 0 Å². The van der Waals surface area contributed by atoms with Gasteiger partial charge in [0.15, 0.2) is 5.78 Å². The van der Waals surface area contributed by atoms with Crippen molar-refractivity contribution in [3.8, 4) is 0 Å². The molecule has 0 bridgehead atoms. The van der Waals surface area contributed by atoms with Crippen LogP contribution in [0.2, 0.25) is 0 Å². The monoisotopic (exact) mass is 365 g/mol. The van der Waals surface area contributed by atoms with Crippen LogP contribution in [0.15, 0.2) is 84.9 Å². The summed E-state index contributed by atoms with van der Waals surface area (Å²) in [5, 5.41) is 2.05. The minimum Gasteiger partial charge on any atom is -0.310 e. The summed E-state index contributed by atoms with van der Waals surface area (Å²) in [4.78, 5) is 14.4. The minimum absolute atomic E-state index is 0.0833. The summed E-state index contributed by atoms with van der Waals surface area (Å²) in [6, 6.07) is 29.2. The quantitative estimate of drug-likeness (QED) is 0.359. The molecule has 0 heterocycles. The van der Waals surface area contributed by atoms with E-state index >= 15 is 0 Å². The van der Waals surface area contributed by atoms with Gasteiger partial charge in [0.1, 0.15) is 0 Å². The van der Waals surface area contributed by atoms with Crippen molar-refractivity contribution in [3.63, 3.8) is 0 Å². The second-order valence-electron chi connectivity index (χ2n) is 7.24. The van der Waals surface area contributed by atoms with E-state index in [-0.39, 0.29) is 5.78 Å². The third-order valence-electron chi connectivity index (χ3n) is 5.11. The number of hydrogen-bond donors (Lipinski definition) is 0. The van der Waals surface area contributed by atoms with Gasteiger partial charge in [-0.05, 0) is 62.6 Å². The summed E-state index contributed by atoms with van der Waals surface area (Å²) < 4.78 is 0. The molecule has 0 aliphatic carbocycles. The first-order valence-corrected chi connectivity index (χ1v) is 9.51. The highest BCUT2D eigenvalue weighted by Gasteiger charge is 2.17. The van der Waals surface area contributed by atoms with Crippen molar-refractivity contribution < 1.29 is 4.79 Å². The fourth-order valence-electron chi connectivity index (χ4n) is 3.60. The normalized spacial score (nSPS) is 10.8. The van der Waals surface area contributed by atoms with Gasteiger partial charge in [0.25, 0.3) is 0 Å². The Balaban J connectivity index is 1.99. The molecule has 2 nitrogen and oxygen atoms in total. The van der Waals surface area contributed by atoms with Crippen LogP contribution in [0.5, 0.6) is 0 Å². The molecule has 0 radical (unpaired) electrons. The number of carbonyl (C=O) groups is 1. The average Bonchev–Trinajstić information content (AvgIpc) is 2.71. The van der Waals surface area contributed by atoms with Gasteiger partial charge in [0.05, 0.1) is 5.69 Å². The summed E-state index contributed by atoms with van der Waals surface area (Å²) in [6.07, 6.45) is 0. The molecule has 0 atom stereocenters. The van der Waals surface area contributed by atoms with E-state index in [0.29, 0.717) is 0 Å². The number of Topliss-reactive ketones (excluding diaryl/α,β-unsaturated/α-hetero) is 1. The molecule has 2 heteroatoms. The van der Waals surface area contributed by atoms with Gasteiger partial charge in [-0.1, -0.05) is 59.7 Å². The van der Waals surface area contributed by atoms with Crippen LogP contribution in [0.25, 0.3) is 10.8 Å². The molecule has 4 aromatic carbocycles. The zero-order valence-corrected chi connectivity index (χ0v) is 16.4. The lowest BCUT2D eigenvalue weighted by Gasteiger charge is -2.27. The van der Waals surface area contributed by atoms with E-state index in [2.05, 4.69) is 79.4 Å². The number of aryl methyl sites for hydroxylation is 2. The number of nitrogens with zero attached hydrogens (tertiary/aromatic N) is 1. The fraction of sp³-hybridized carbons (Fsp3) is 0.115. The highest BCUT2D eigenvalue weighted by atomic mass is 16.1. The Morgan fingerprint density at radius 3 is 1.64 bits per heavy atom. The van der Waals surface area contributed by atoms with Crippen LogP contribution in [0, 0.1) is 13.8 Å². The molecule has 0 aromatic heterocycles. The van der Waals surface area contributed by atoms with Crippen molar-refractivity contribution in [2.75, 3.05) is 4.90 Å². The summed E-state index contributed by atoms with van der Waals surface area (Å²) in [5.74, 6) is 0.0833. The predicted molar refractivity (Wildman–Crippen MR) is 118 cm³/mol. The Bertz CT molecular complexity index is 1100. The van der Waals surface area contributed by atoms with Crippen LogP contribution in [0.4, 0.5) is 17.1 Å². The van der Waals surface area contributed by atoms with E-state index in [0.717, 1.165) is 33.4 Å². The van der Waals surface area contributed by atoms with E-state index < -0.39 is 0 Å². The second kappa shape index (κ2) is 7.32. The number of benzene rings is 4. The third kappa shape index (κ3) is 3.29. The largest absolute Gasteiger partial charge is 0.310 e. The van der Waals surface area contributed by atoms with Crippen molar-refractivity contribution in [2.45, 2.75) is 20.8 Å². The molecule has 0 unspecified atom stereocenters. The fourth-order valence-corrected chi connectivity index (χ4v) is 3.60. The van der Waals surface area contributed by atoms with Crippen LogP contribution >= 0.6 is 0 Å². The average molecular weight is 365 g/mol. The van der Waals surface area contributed by atoms with Gasteiger partial charge in [0, 0.05) is 22.3 Å². The van der Waals surface area contributed by atoms with Gasteiger partial charge in [-0.25, -0.2) is 0 Å². The molecule has 0 saturated carbocycles. The van der Waals surface area contributed by atoms with E-state index in [9.17, 15) is 4.79 Å². The number of hydrogen-bond acceptors (Lipinski definition) is 2. The number of anilines is 3. The summed E-state index contributed by atoms with van der Waals surface area (Å²) in [7, 11) is 0. The van der Waals surface area contributed by atoms with Crippen molar-refractivity contribution in [1.29, 1.82) is 0 Å². The maximum Gasteiger partial charge on any atom is 0.160 e. The van der Waals surface area contributed by atoms with E-state index in [1.54, 1.807) is 6.92 Å². The smallest absolute Gasteiger partial charge is 0.160 e. The van der Waals surface area contributed by atoms with Crippen LogP contribution in [-0.2, 0) is 0 Å². The molecule has 0 spiro atoms.